The normalized spacial score (nSPS) is 11.0. The van der Waals surface area contributed by atoms with Crippen LogP contribution in [0, 0.1) is 6.92 Å². The summed E-state index contributed by atoms with van der Waals surface area (Å²) < 4.78 is 3.15. The van der Waals surface area contributed by atoms with E-state index in [1.165, 1.54) is 4.57 Å². The first kappa shape index (κ1) is 10.7. The fourth-order valence-electron chi connectivity index (χ4n) is 1.95. The highest BCUT2D eigenvalue weighted by Gasteiger charge is 2.09. The molecule has 0 aliphatic carbocycles. The summed E-state index contributed by atoms with van der Waals surface area (Å²) in [5.74, 6) is 0.546. The van der Waals surface area contributed by atoms with Crippen LogP contribution < -0.4 is 5.56 Å². The average Bonchev–Trinajstić information content (AvgIpc) is 2.81. The van der Waals surface area contributed by atoms with Gasteiger partial charge < -0.3 is 0 Å². The van der Waals surface area contributed by atoms with Crippen LogP contribution in [0.25, 0.3) is 17.0 Å². The van der Waals surface area contributed by atoms with Crippen molar-refractivity contribution in [3.8, 4) is 11.3 Å². The predicted molar refractivity (Wildman–Crippen MR) is 68.4 cm³/mol. The number of nitrogens with zero attached hydrogens (tertiary/aromatic N) is 4. The van der Waals surface area contributed by atoms with Crippen LogP contribution in [0.5, 0.6) is 0 Å². The number of aromatic nitrogens is 4. The van der Waals surface area contributed by atoms with Crippen molar-refractivity contribution < 1.29 is 0 Å². The number of hydrogen-bond acceptors (Lipinski definition) is 3. The molecule has 2 heterocycles. The molecule has 0 aliphatic rings. The van der Waals surface area contributed by atoms with E-state index in [1.807, 2.05) is 36.5 Å². The van der Waals surface area contributed by atoms with Crippen LogP contribution in [-0.2, 0) is 7.05 Å². The molecule has 5 nitrogen and oxygen atoms in total. The Morgan fingerprint density at radius 2 is 1.89 bits per heavy atom. The van der Waals surface area contributed by atoms with E-state index >= 15 is 0 Å². The summed E-state index contributed by atoms with van der Waals surface area (Å²) >= 11 is 0. The van der Waals surface area contributed by atoms with Crippen LogP contribution in [0.3, 0.4) is 0 Å². The third kappa shape index (κ3) is 1.52. The van der Waals surface area contributed by atoms with Crippen LogP contribution in [0.2, 0.25) is 0 Å². The van der Waals surface area contributed by atoms with Crippen molar-refractivity contribution in [1.29, 1.82) is 0 Å². The Balaban J connectivity index is 2.30. The first-order valence-electron chi connectivity index (χ1n) is 5.65. The lowest BCUT2D eigenvalue weighted by atomic mass is 10.2. The van der Waals surface area contributed by atoms with Gasteiger partial charge in [0.25, 0.3) is 5.56 Å². The fraction of sp³-hybridized carbons (Fsp3) is 0.154. The number of rotatable bonds is 1. The van der Waals surface area contributed by atoms with Gasteiger partial charge in [-0.3, -0.25) is 9.36 Å². The van der Waals surface area contributed by atoms with Gasteiger partial charge in [-0.1, -0.05) is 30.3 Å². The van der Waals surface area contributed by atoms with Crippen molar-refractivity contribution in [3.05, 3.63) is 52.6 Å². The van der Waals surface area contributed by atoms with Gasteiger partial charge in [0.15, 0.2) is 0 Å². The molecule has 5 heteroatoms. The number of benzene rings is 1. The summed E-state index contributed by atoms with van der Waals surface area (Å²) in [5.41, 5.74) is 2.16. The van der Waals surface area contributed by atoms with E-state index in [1.54, 1.807) is 18.5 Å². The van der Waals surface area contributed by atoms with Crippen molar-refractivity contribution in [3.63, 3.8) is 0 Å². The molecule has 3 rings (SSSR count). The molecule has 0 atom stereocenters. The van der Waals surface area contributed by atoms with E-state index in [0.717, 1.165) is 11.3 Å². The van der Waals surface area contributed by atoms with E-state index in [-0.39, 0.29) is 5.56 Å². The molecular weight excluding hydrogens is 228 g/mol. The molecule has 0 spiro atoms. The van der Waals surface area contributed by atoms with Gasteiger partial charge in [0, 0.05) is 12.6 Å². The molecule has 0 amide bonds. The van der Waals surface area contributed by atoms with Gasteiger partial charge >= 0.3 is 0 Å². The third-order valence-electron chi connectivity index (χ3n) is 2.91. The highest BCUT2D eigenvalue weighted by molar-refractivity contribution is 5.60. The van der Waals surface area contributed by atoms with Crippen LogP contribution in [-0.4, -0.2) is 19.2 Å². The SMILES string of the molecule is Cc1nn2cc(-c3ccccc3)nc2n(C)c1=O. The van der Waals surface area contributed by atoms with E-state index in [0.29, 0.717) is 11.5 Å². The zero-order chi connectivity index (χ0) is 12.7. The van der Waals surface area contributed by atoms with Crippen molar-refractivity contribution in [2.24, 2.45) is 7.05 Å². The summed E-state index contributed by atoms with van der Waals surface area (Å²) in [6.07, 6.45) is 1.83. The summed E-state index contributed by atoms with van der Waals surface area (Å²) in [6, 6.07) is 9.82. The molecule has 0 saturated heterocycles. The van der Waals surface area contributed by atoms with Gasteiger partial charge in [-0.05, 0) is 6.92 Å². The Kier molecular flexibility index (Phi) is 2.26. The molecule has 18 heavy (non-hydrogen) atoms. The van der Waals surface area contributed by atoms with E-state index < -0.39 is 0 Å². The molecule has 0 N–H and O–H groups in total. The molecular formula is C13H12N4O. The minimum absolute atomic E-state index is 0.118. The smallest absolute Gasteiger partial charge is 0.276 e. The zero-order valence-corrected chi connectivity index (χ0v) is 10.2. The monoisotopic (exact) mass is 240 g/mol. The Hall–Kier alpha value is -2.43. The van der Waals surface area contributed by atoms with E-state index in [4.69, 9.17) is 0 Å². The van der Waals surface area contributed by atoms with Crippen molar-refractivity contribution in [2.45, 2.75) is 6.92 Å². The Labute approximate surface area is 103 Å². The van der Waals surface area contributed by atoms with E-state index in [9.17, 15) is 4.79 Å². The molecule has 1 aromatic carbocycles. The summed E-state index contributed by atoms with van der Waals surface area (Å²) in [5, 5.41) is 4.20. The highest BCUT2D eigenvalue weighted by atomic mass is 16.1. The van der Waals surface area contributed by atoms with Gasteiger partial charge in [-0.2, -0.15) is 5.10 Å². The highest BCUT2D eigenvalue weighted by Crippen LogP contribution is 2.17. The standard InChI is InChI=1S/C13H12N4O/c1-9-12(18)16(2)13-14-11(8-17(13)15-9)10-6-4-3-5-7-10/h3-8H,1-2H3. The molecule has 0 saturated carbocycles. The minimum Gasteiger partial charge on any atom is -0.279 e. The maximum Gasteiger partial charge on any atom is 0.276 e. The van der Waals surface area contributed by atoms with Gasteiger partial charge in [0.05, 0.1) is 11.9 Å². The Morgan fingerprint density at radius 3 is 2.61 bits per heavy atom. The molecule has 0 radical (unpaired) electrons. The maximum atomic E-state index is 11.8. The quantitative estimate of drug-likeness (QED) is 0.646. The third-order valence-corrected chi connectivity index (χ3v) is 2.91. The van der Waals surface area contributed by atoms with Crippen molar-refractivity contribution in [1.82, 2.24) is 19.2 Å². The Morgan fingerprint density at radius 1 is 1.17 bits per heavy atom. The molecule has 90 valence electrons. The second-order valence-electron chi connectivity index (χ2n) is 4.19. The molecule has 0 aliphatic heterocycles. The second-order valence-corrected chi connectivity index (χ2v) is 4.19. The van der Waals surface area contributed by atoms with Crippen LogP contribution in [0.4, 0.5) is 0 Å². The molecule has 0 unspecified atom stereocenters. The maximum absolute atomic E-state index is 11.8. The Bertz CT molecular complexity index is 771. The lowest BCUT2D eigenvalue weighted by Crippen LogP contribution is -2.23. The summed E-state index contributed by atoms with van der Waals surface area (Å²) in [7, 11) is 1.70. The number of imidazole rings is 1. The van der Waals surface area contributed by atoms with Crippen LogP contribution >= 0.6 is 0 Å². The lowest BCUT2D eigenvalue weighted by molar-refractivity contribution is 0.752. The number of fused-ring (bicyclic) bond motifs is 1. The fourth-order valence-corrected chi connectivity index (χ4v) is 1.95. The molecule has 2 aromatic heterocycles. The number of hydrogen-bond donors (Lipinski definition) is 0. The predicted octanol–water partition coefficient (Wildman–Crippen LogP) is 1.40. The zero-order valence-electron chi connectivity index (χ0n) is 10.2. The lowest BCUT2D eigenvalue weighted by Gasteiger charge is -2.00. The molecule has 0 fully saturated rings. The summed E-state index contributed by atoms with van der Waals surface area (Å²) in [4.78, 5) is 16.2. The molecule has 0 bridgehead atoms. The summed E-state index contributed by atoms with van der Waals surface area (Å²) in [6.45, 7) is 1.70. The van der Waals surface area contributed by atoms with Gasteiger partial charge in [-0.15, -0.1) is 0 Å². The van der Waals surface area contributed by atoms with E-state index in [2.05, 4.69) is 10.1 Å². The largest absolute Gasteiger partial charge is 0.279 e. The van der Waals surface area contributed by atoms with Crippen molar-refractivity contribution >= 4 is 5.78 Å². The molecule has 3 aromatic rings. The van der Waals surface area contributed by atoms with Gasteiger partial charge in [-0.25, -0.2) is 9.50 Å². The first-order valence-corrected chi connectivity index (χ1v) is 5.65. The van der Waals surface area contributed by atoms with Crippen molar-refractivity contribution in [2.75, 3.05) is 0 Å². The van der Waals surface area contributed by atoms with Gasteiger partial charge in [0.1, 0.15) is 5.69 Å². The number of aryl methyl sites for hydroxylation is 2. The second kappa shape index (κ2) is 3.80. The average molecular weight is 240 g/mol. The topological polar surface area (TPSA) is 52.2 Å². The van der Waals surface area contributed by atoms with Crippen LogP contribution in [0.1, 0.15) is 5.69 Å². The first-order chi connectivity index (χ1) is 8.66. The van der Waals surface area contributed by atoms with Gasteiger partial charge in [0.2, 0.25) is 5.78 Å². The van der Waals surface area contributed by atoms with Crippen LogP contribution in [0.15, 0.2) is 41.3 Å². The minimum atomic E-state index is -0.118.